The first-order chi connectivity index (χ1) is 16.5. The third-order valence-corrected chi connectivity index (χ3v) is 7.39. The molecule has 1 atom stereocenters. The number of benzene rings is 2. The Morgan fingerprint density at radius 3 is 2.53 bits per heavy atom. The SMILES string of the molecule is C[C@H](Nc1nccc(-c2sc(C3(O)CCNCC3)nc2-c2ccccc2F)n1)c1ccccc1. The van der Waals surface area contributed by atoms with Gasteiger partial charge in [-0.15, -0.1) is 11.3 Å². The quantitative estimate of drug-likeness (QED) is 0.358. The Hall–Kier alpha value is -3.20. The number of piperidine rings is 1. The van der Waals surface area contributed by atoms with Crippen molar-refractivity contribution in [2.24, 2.45) is 0 Å². The second-order valence-electron chi connectivity index (χ2n) is 8.50. The van der Waals surface area contributed by atoms with Crippen LogP contribution in [0.5, 0.6) is 0 Å². The number of aromatic nitrogens is 3. The van der Waals surface area contributed by atoms with E-state index in [-0.39, 0.29) is 11.9 Å². The summed E-state index contributed by atoms with van der Waals surface area (Å²) in [7, 11) is 0. The molecule has 0 unspecified atom stereocenters. The molecule has 3 N–H and O–H groups in total. The fourth-order valence-electron chi connectivity index (χ4n) is 4.16. The minimum Gasteiger partial charge on any atom is -0.383 e. The van der Waals surface area contributed by atoms with Crippen LogP contribution >= 0.6 is 11.3 Å². The van der Waals surface area contributed by atoms with Crippen molar-refractivity contribution in [3.63, 3.8) is 0 Å². The van der Waals surface area contributed by atoms with Gasteiger partial charge in [-0.1, -0.05) is 42.5 Å². The first-order valence-electron chi connectivity index (χ1n) is 11.4. The molecule has 8 heteroatoms. The van der Waals surface area contributed by atoms with E-state index in [9.17, 15) is 9.50 Å². The summed E-state index contributed by atoms with van der Waals surface area (Å²) in [4.78, 5) is 14.6. The number of anilines is 1. The molecule has 6 nitrogen and oxygen atoms in total. The van der Waals surface area contributed by atoms with Crippen LogP contribution in [0.3, 0.4) is 0 Å². The van der Waals surface area contributed by atoms with Crippen molar-refractivity contribution in [1.82, 2.24) is 20.3 Å². The Labute approximate surface area is 202 Å². The monoisotopic (exact) mass is 475 g/mol. The normalized spacial score (nSPS) is 16.2. The Kier molecular flexibility index (Phi) is 6.36. The van der Waals surface area contributed by atoms with Crippen molar-refractivity contribution in [3.8, 4) is 21.8 Å². The molecule has 1 aliphatic heterocycles. The summed E-state index contributed by atoms with van der Waals surface area (Å²) in [6.45, 7) is 3.46. The Morgan fingerprint density at radius 1 is 1.03 bits per heavy atom. The average molecular weight is 476 g/mol. The van der Waals surface area contributed by atoms with Crippen LogP contribution in [0, 0.1) is 5.82 Å². The molecule has 0 bridgehead atoms. The summed E-state index contributed by atoms with van der Waals surface area (Å²) in [5.74, 6) is 0.117. The van der Waals surface area contributed by atoms with Gasteiger partial charge in [-0.25, -0.2) is 19.3 Å². The first kappa shape index (κ1) is 22.6. The Balaban J connectivity index is 1.55. The van der Waals surface area contributed by atoms with Crippen LogP contribution in [0.15, 0.2) is 66.9 Å². The van der Waals surface area contributed by atoms with Crippen LogP contribution in [-0.2, 0) is 5.60 Å². The average Bonchev–Trinajstić information content (AvgIpc) is 3.32. The third-order valence-electron chi connectivity index (χ3n) is 6.12. The van der Waals surface area contributed by atoms with E-state index in [1.54, 1.807) is 30.5 Å². The molecule has 1 saturated heterocycles. The minimum absolute atomic E-state index is 0.00922. The fraction of sp³-hybridized carbons (Fsp3) is 0.269. The van der Waals surface area contributed by atoms with Gasteiger partial charge in [-0.2, -0.15) is 0 Å². The number of nitrogens with zero attached hydrogens (tertiary/aromatic N) is 3. The smallest absolute Gasteiger partial charge is 0.223 e. The zero-order chi connectivity index (χ0) is 23.5. The third kappa shape index (κ3) is 4.57. The van der Waals surface area contributed by atoms with E-state index < -0.39 is 5.60 Å². The van der Waals surface area contributed by atoms with Crippen molar-refractivity contribution >= 4 is 17.3 Å². The van der Waals surface area contributed by atoms with Gasteiger partial charge in [0.15, 0.2) is 0 Å². The summed E-state index contributed by atoms with van der Waals surface area (Å²) in [6.07, 6.45) is 2.80. The zero-order valence-corrected chi connectivity index (χ0v) is 19.6. The zero-order valence-electron chi connectivity index (χ0n) is 18.8. The Morgan fingerprint density at radius 2 is 1.76 bits per heavy atom. The lowest BCUT2D eigenvalue weighted by Gasteiger charge is -2.30. The summed E-state index contributed by atoms with van der Waals surface area (Å²) >= 11 is 1.37. The highest BCUT2D eigenvalue weighted by Crippen LogP contribution is 2.42. The summed E-state index contributed by atoms with van der Waals surface area (Å²) in [6, 6.07) is 18.5. The lowest BCUT2D eigenvalue weighted by molar-refractivity contribution is 0.00581. The molecule has 5 rings (SSSR count). The Bertz CT molecular complexity index is 1270. The van der Waals surface area contributed by atoms with E-state index in [2.05, 4.69) is 15.6 Å². The molecule has 0 spiro atoms. The lowest BCUT2D eigenvalue weighted by atomic mass is 9.93. The number of aliphatic hydroxyl groups is 1. The van der Waals surface area contributed by atoms with Gasteiger partial charge >= 0.3 is 0 Å². The lowest BCUT2D eigenvalue weighted by Crippen LogP contribution is -2.39. The molecule has 4 aromatic rings. The first-order valence-corrected chi connectivity index (χ1v) is 12.2. The van der Waals surface area contributed by atoms with Crippen LogP contribution in [0.1, 0.15) is 36.4 Å². The van der Waals surface area contributed by atoms with Crippen LogP contribution in [0.2, 0.25) is 0 Å². The maximum absolute atomic E-state index is 14.8. The maximum atomic E-state index is 14.8. The molecular weight excluding hydrogens is 449 g/mol. The van der Waals surface area contributed by atoms with E-state index in [0.29, 0.717) is 58.7 Å². The predicted octanol–water partition coefficient (Wildman–Crippen LogP) is 5.15. The number of thiazole rings is 1. The van der Waals surface area contributed by atoms with Crippen LogP contribution in [0.4, 0.5) is 10.3 Å². The molecule has 0 radical (unpaired) electrons. The van der Waals surface area contributed by atoms with Crippen molar-refractivity contribution in [1.29, 1.82) is 0 Å². The molecule has 1 aliphatic rings. The molecule has 0 aliphatic carbocycles. The summed E-state index contributed by atoms with van der Waals surface area (Å²) in [5.41, 5.74) is 1.60. The largest absolute Gasteiger partial charge is 0.383 e. The number of hydrogen-bond acceptors (Lipinski definition) is 7. The molecule has 0 saturated carbocycles. The summed E-state index contributed by atoms with van der Waals surface area (Å²) < 4.78 is 14.8. The van der Waals surface area contributed by atoms with Crippen LogP contribution in [-0.4, -0.2) is 33.1 Å². The van der Waals surface area contributed by atoms with Crippen LogP contribution < -0.4 is 10.6 Å². The van der Waals surface area contributed by atoms with Gasteiger partial charge in [-0.3, -0.25) is 0 Å². The fourth-order valence-corrected chi connectivity index (χ4v) is 5.35. The number of halogens is 1. The van der Waals surface area contributed by atoms with Crippen molar-refractivity contribution in [3.05, 3.63) is 83.2 Å². The standard InChI is InChI=1S/C26H26FN5OS/c1-17(18-7-3-2-4-8-18)30-25-29-14-11-21(31-25)23-22(19-9-5-6-10-20(19)27)32-24(34-23)26(33)12-15-28-16-13-26/h2-11,14,17,28,33H,12-13,15-16H2,1H3,(H,29,30,31)/t17-/m0/s1. The van der Waals surface area contributed by atoms with Crippen LogP contribution in [0.25, 0.3) is 21.8 Å². The van der Waals surface area contributed by atoms with Crippen molar-refractivity contribution in [2.75, 3.05) is 18.4 Å². The van der Waals surface area contributed by atoms with E-state index in [1.807, 2.05) is 37.3 Å². The second kappa shape index (κ2) is 9.58. The van der Waals surface area contributed by atoms with Gasteiger partial charge in [0, 0.05) is 11.8 Å². The van der Waals surface area contributed by atoms with Crippen molar-refractivity contribution in [2.45, 2.75) is 31.4 Å². The number of nitrogens with one attached hydrogen (secondary N) is 2. The van der Waals surface area contributed by atoms with Gasteiger partial charge in [0.2, 0.25) is 5.95 Å². The topological polar surface area (TPSA) is 83.0 Å². The predicted molar refractivity (Wildman–Crippen MR) is 133 cm³/mol. The molecule has 34 heavy (non-hydrogen) atoms. The second-order valence-corrected chi connectivity index (χ2v) is 9.50. The molecule has 2 aromatic carbocycles. The summed E-state index contributed by atoms with van der Waals surface area (Å²) in [5, 5.41) is 18.5. The van der Waals surface area contributed by atoms with Gasteiger partial charge < -0.3 is 15.7 Å². The van der Waals surface area contributed by atoms with Gasteiger partial charge in [-0.05, 0) is 56.6 Å². The van der Waals surface area contributed by atoms with E-state index >= 15 is 0 Å². The molecule has 0 amide bonds. The van der Waals surface area contributed by atoms with Gasteiger partial charge in [0.05, 0.1) is 22.3 Å². The molecule has 2 aromatic heterocycles. The van der Waals surface area contributed by atoms with Crippen molar-refractivity contribution < 1.29 is 9.50 Å². The highest BCUT2D eigenvalue weighted by molar-refractivity contribution is 7.15. The van der Waals surface area contributed by atoms with E-state index in [1.165, 1.54) is 17.4 Å². The molecule has 3 heterocycles. The number of rotatable bonds is 6. The van der Waals surface area contributed by atoms with Gasteiger partial charge in [0.1, 0.15) is 16.4 Å². The molecule has 174 valence electrons. The maximum Gasteiger partial charge on any atom is 0.223 e. The van der Waals surface area contributed by atoms with Gasteiger partial charge in [0.25, 0.3) is 0 Å². The van der Waals surface area contributed by atoms with E-state index in [4.69, 9.17) is 9.97 Å². The molecular formula is C26H26FN5OS. The highest BCUT2D eigenvalue weighted by Gasteiger charge is 2.36. The highest BCUT2D eigenvalue weighted by atomic mass is 32.1. The minimum atomic E-state index is -1.04. The van der Waals surface area contributed by atoms with E-state index in [0.717, 1.165) is 5.56 Å². The number of hydrogen-bond donors (Lipinski definition) is 3. The molecule has 1 fully saturated rings.